The van der Waals surface area contributed by atoms with Crippen LogP contribution in [0.4, 0.5) is 0 Å². The van der Waals surface area contributed by atoms with Crippen LogP contribution in [0.25, 0.3) is 0 Å². The molecule has 0 unspecified atom stereocenters. The van der Waals surface area contributed by atoms with Gasteiger partial charge in [-0.05, 0) is 29.1 Å². The summed E-state index contributed by atoms with van der Waals surface area (Å²) in [5.41, 5.74) is 0.500. The third kappa shape index (κ3) is 492. The second-order valence-corrected chi connectivity index (χ2v) is 13.1. The number of hydrogen-bond donors (Lipinski definition) is 0. The molecule has 0 spiro atoms. The Balaban J connectivity index is -0.0000000371. The molecule has 0 aliphatic heterocycles. The van der Waals surface area contributed by atoms with Crippen LogP contribution in [0, 0.1) is 29.1 Å². The van der Waals surface area contributed by atoms with Crippen molar-refractivity contribution in [3.63, 3.8) is 0 Å². The van der Waals surface area contributed by atoms with Gasteiger partial charge in [-0.15, -0.1) is 0 Å². The number of unbranched alkanes of at least 4 members (excludes halogenated alkanes) is 3. The van der Waals surface area contributed by atoms with E-state index in [0.29, 0.717) is 5.41 Å². The second kappa shape index (κ2) is 66.4. The highest BCUT2D eigenvalue weighted by Crippen LogP contribution is 2.26. The Morgan fingerprint density at radius 2 is 0.641 bits per heavy atom. The Morgan fingerprint density at radius 1 is 0.513 bits per heavy atom. The van der Waals surface area contributed by atoms with E-state index in [1.165, 1.54) is 64.2 Å². The summed E-state index contributed by atoms with van der Waals surface area (Å²) in [5, 5.41) is 0. The first-order valence-electron chi connectivity index (χ1n) is 17.9. The molecular formula is C39H96. The molecule has 1 fully saturated rings. The molecule has 0 N–H and O–H groups in total. The Kier molecular flexibility index (Phi) is 106. The maximum atomic E-state index is 2.28. The SMILES string of the molecule is CC.CC.CC(C)(C)C.CC(C)C.CC1CC1.CCC.CCC(C)C.CCC(C)C.CCCC.CCCCC. The fourth-order valence-electron chi connectivity index (χ4n) is 0.520. The van der Waals surface area contributed by atoms with Crippen LogP contribution in [-0.4, -0.2) is 0 Å². The van der Waals surface area contributed by atoms with Gasteiger partial charge in [-0.3, -0.25) is 0 Å². The molecule has 252 valence electrons. The summed E-state index contributed by atoms with van der Waals surface area (Å²) < 4.78 is 0. The standard InChI is InChI=1S/4C5H12.C4H8.2C4H10.C3H8.2C2H6/c1-5(2,3)4;2*1-4-5(2)3;1-3-5-4-2;1-4-2-3-4;1-4(2)3;1-3-4-2;1-3-2;2*1-2/h1-4H3;2*5H,4H2,1-3H3;3-5H2,1-2H3;4H,2-3H2,1H3;4H,1-3H3;3-4H2,1-2H3;3H2,1-2H3;2*1-2H3. The van der Waals surface area contributed by atoms with Gasteiger partial charge in [0.2, 0.25) is 0 Å². The highest BCUT2D eigenvalue weighted by atomic mass is 14.2. The predicted molar refractivity (Wildman–Crippen MR) is 199 cm³/mol. The van der Waals surface area contributed by atoms with Crippen LogP contribution in [0.2, 0.25) is 0 Å². The van der Waals surface area contributed by atoms with Crippen LogP contribution in [0.5, 0.6) is 0 Å². The average Bonchev–Trinajstić information content (AvgIpc) is 3.64. The van der Waals surface area contributed by atoms with E-state index in [2.05, 4.69) is 138 Å². The molecule has 0 heteroatoms. The summed E-state index contributed by atoms with van der Waals surface area (Å²) in [4.78, 5) is 0. The molecule has 0 aromatic rings. The summed E-state index contributed by atoms with van der Waals surface area (Å²) in [7, 11) is 0. The van der Waals surface area contributed by atoms with E-state index >= 15 is 0 Å². The van der Waals surface area contributed by atoms with Crippen LogP contribution < -0.4 is 0 Å². The first kappa shape index (κ1) is 62.6. The first-order valence-corrected chi connectivity index (χ1v) is 17.9. The Morgan fingerprint density at radius 3 is 0.641 bits per heavy atom. The molecule has 0 nitrogen and oxygen atoms in total. The zero-order valence-electron chi connectivity index (χ0n) is 33.9. The van der Waals surface area contributed by atoms with E-state index in [0.717, 1.165) is 23.7 Å². The maximum absolute atomic E-state index is 2.28. The van der Waals surface area contributed by atoms with Crippen molar-refractivity contribution >= 4 is 0 Å². The molecule has 0 heterocycles. The van der Waals surface area contributed by atoms with E-state index in [-0.39, 0.29) is 0 Å². The number of rotatable bonds is 5. The van der Waals surface area contributed by atoms with Gasteiger partial charge in [0.25, 0.3) is 0 Å². The molecule has 1 aliphatic rings. The first-order chi connectivity index (χ1) is 17.9. The van der Waals surface area contributed by atoms with Crippen molar-refractivity contribution in [3.8, 4) is 0 Å². The van der Waals surface area contributed by atoms with E-state index in [4.69, 9.17) is 0 Å². The van der Waals surface area contributed by atoms with Gasteiger partial charge >= 0.3 is 0 Å². The lowest BCUT2D eigenvalue weighted by atomic mass is 10.0. The molecule has 0 atom stereocenters. The second-order valence-electron chi connectivity index (χ2n) is 13.1. The van der Waals surface area contributed by atoms with Crippen molar-refractivity contribution in [3.05, 3.63) is 0 Å². The topological polar surface area (TPSA) is 0 Å². The highest BCUT2D eigenvalue weighted by molar-refractivity contribution is 4.65. The molecule has 0 aromatic heterocycles. The maximum Gasteiger partial charge on any atom is -0.0411 e. The Hall–Kier alpha value is 0. The van der Waals surface area contributed by atoms with E-state index < -0.39 is 0 Å². The molecule has 1 saturated carbocycles. The minimum Gasteiger partial charge on any atom is -0.0683 e. The molecule has 1 aliphatic carbocycles. The Bertz CT molecular complexity index is 229. The smallest absolute Gasteiger partial charge is 0.0411 e. The summed E-state index contributed by atoms with van der Waals surface area (Å²) in [6.07, 6.45) is 13.5. The molecule has 0 bridgehead atoms. The molecular weight excluding hydrogens is 468 g/mol. The predicted octanol–water partition coefficient (Wildman–Crippen LogP) is 16.7. The lowest BCUT2D eigenvalue weighted by Gasteiger charge is -2.05. The molecule has 39 heavy (non-hydrogen) atoms. The summed E-state index contributed by atoms with van der Waals surface area (Å²) in [6, 6.07) is 0. The van der Waals surface area contributed by atoms with Crippen molar-refractivity contribution in [2.75, 3.05) is 0 Å². The fourth-order valence-corrected chi connectivity index (χ4v) is 0.520. The van der Waals surface area contributed by atoms with Crippen LogP contribution in [-0.2, 0) is 0 Å². The van der Waals surface area contributed by atoms with Crippen molar-refractivity contribution in [1.82, 2.24) is 0 Å². The van der Waals surface area contributed by atoms with Crippen molar-refractivity contribution in [2.24, 2.45) is 29.1 Å². The van der Waals surface area contributed by atoms with Gasteiger partial charge in [0.05, 0.1) is 0 Å². The summed E-state index contributed by atoms with van der Waals surface area (Å²) in [6.45, 7) is 51.8. The van der Waals surface area contributed by atoms with Gasteiger partial charge in [0.1, 0.15) is 0 Å². The van der Waals surface area contributed by atoms with Gasteiger partial charge in [0.15, 0.2) is 0 Å². The van der Waals surface area contributed by atoms with E-state index in [1.54, 1.807) is 0 Å². The minimum atomic E-state index is 0.500. The molecule has 1 rings (SSSR count). The zero-order chi connectivity index (χ0) is 33.9. The van der Waals surface area contributed by atoms with Gasteiger partial charge in [-0.1, -0.05) is 230 Å². The lowest BCUT2D eigenvalue weighted by Crippen LogP contribution is -1.93. The largest absolute Gasteiger partial charge is 0.0683 e. The van der Waals surface area contributed by atoms with E-state index in [9.17, 15) is 0 Å². The quantitative estimate of drug-likeness (QED) is 0.311. The zero-order valence-corrected chi connectivity index (χ0v) is 33.9. The fraction of sp³-hybridized carbons (Fsp3) is 1.00. The third-order valence-electron chi connectivity index (χ3n) is 3.71. The minimum absolute atomic E-state index is 0.500. The molecule has 0 radical (unpaired) electrons. The van der Waals surface area contributed by atoms with Crippen molar-refractivity contribution in [1.29, 1.82) is 0 Å². The molecule has 0 amide bonds. The normalized spacial score (nSPS) is 10.2. The average molecular weight is 565 g/mol. The van der Waals surface area contributed by atoms with Crippen LogP contribution in [0.15, 0.2) is 0 Å². The van der Waals surface area contributed by atoms with Gasteiger partial charge in [-0.2, -0.15) is 0 Å². The van der Waals surface area contributed by atoms with Gasteiger partial charge in [-0.25, -0.2) is 0 Å². The molecule has 0 saturated heterocycles. The third-order valence-corrected chi connectivity index (χ3v) is 3.71. The molecule has 0 aromatic carbocycles. The summed E-state index contributed by atoms with van der Waals surface area (Å²) in [5.74, 6) is 3.69. The van der Waals surface area contributed by atoms with E-state index in [1.807, 2.05) is 27.7 Å². The van der Waals surface area contributed by atoms with Crippen molar-refractivity contribution < 1.29 is 0 Å². The van der Waals surface area contributed by atoms with Crippen LogP contribution >= 0.6 is 0 Å². The monoisotopic (exact) mass is 565 g/mol. The van der Waals surface area contributed by atoms with Crippen LogP contribution in [0.3, 0.4) is 0 Å². The van der Waals surface area contributed by atoms with Gasteiger partial charge < -0.3 is 0 Å². The summed E-state index contributed by atoms with van der Waals surface area (Å²) >= 11 is 0. The van der Waals surface area contributed by atoms with Crippen LogP contribution in [0.1, 0.15) is 230 Å². The van der Waals surface area contributed by atoms with Crippen molar-refractivity contribution in [2.45, 2.75) is 230 Å². The Labute approximate surface area is 259 Å². The highest BCUT2D eigenvalue weighted by Gasteiger charge is 2.12. The number of hydrogen-bond acceptors (Lipinski definition) is 0. The lowest BCUT2D eigenvalue weighted by molar-refractivity contribution is 0.469. The van der Waals surface area contributed by atoms with Gasteiger partial charge in [0, 0.05) is 0 Å².